The predicted molar refractivity (Wildman–Crippen MR) is 62.7 cm³/mol. The van der Waals surface area contributed by atoms with Crippen molar-refractivity contribution in [3.63, 3.8) is 0 Å². The second-order valence-electron chi connectivity index (χ2n) is 3.76. The fourth-order valence-electron chi connectivity index (χ4n) is 1.24. The van der Waals surface area contributed by atoms with Crippen LogP contribution in [-0.2, 0) is 0 Å². The Morgan fingerprint density at radius 2 is 2.18 bits per heavy atom. The normalized spacial score (nSPS) is 13.3. The van der Waals surface area contributed by atoms with Crippen LogP contribution in [0.15, 0.2) is 35.2 Å². The van der Waals surface area contributed by atoms with Crippen LogP contribution in [0.3, 0.4) is 0 Å². The van der Waals surface area contributed by atoms with Crippen molar-refractivity contribution in [2.75, 3.05) is 5.32 Å². The van der Waals surface area contributed by atoms with E-state index in [0.717, 1.165) is 18.6 Å². The highest BCUT2D eigenvalue weighted by Gasteiger charge is 2.06. The number of benzene rings is 1. The van der Waals surface area contributed by atoms with Crippen molar-refractivity contribution in [1.29, 1.82) is 5.53 Å². The predicted octanol–water partition coefficient (Wildman–Crippen LogP) is 4.30. The lowest BCUT2D eigenvalue weighted by Gasteiger charge is -2.08. The van der Waals surface area contributed by atoms with Gasteiger partial charge in [0.2, 0.25) is 0 Å². The zero-order valence-corrected chi connectivity index (χ0v) is 9.80. The first-order chi connectivity index (χ1) is 8.08. The second-order valence-corrected chi connectivity index (χ2v) is 3.76. The molecule has 0 spiro atoms. The van der Waals surface area contributed by atoms with E-state index in [9.17, 15) is 8.78 Å². The van der Waals surface area contributed by atoms with Crippen molar-refractivity contribution in [2.45, 2.75) is 20.3 Å². The quantitative estimate of drug-likeness (QED) is 0.739. The zero-order chi connectivity index (χ0) is 12.8. The maximum atomic E-state index is 12.9. The molecule has 1 aromatic carbocycles. The number of nitrogens with zero attached hydrogens (tertiary/aromatic N) is 1. The summed E-state index contributed by atoms with van der Waals surface area (Å²) in [6, 6.07) is 3.53. The first-order valence-electron chi connectivity index (χ1n) is 5.37. The molecule has 0 aliphatic carbocycles. The zero-order valence-electron chi connectivity index (χ0n) is 9.80. The molecule has 0 unspecified atom stereocenters. The number of rotatable bonds is 5. The van der Waals surface area contributed by atoms with E-state index in [0.29, 0.717) is 11.4 Å². The summed E-state index contributed by atoms with van der Waals surface area (Å²) in [6.45, 7) is 3.93. The molecule has 0 aromatic heterocycles. The highest BCUT2D eigenvalue weighted by atomic mass is 19.2. The molecule has 0 bridgehead atoms. The minimum Gasteiger partial charge on any atom is -0.360 e. The fraction of sp³-hybridized carbons (Fsp3) is 0.333. The molecular weight excluding hydrogens is 224 g/mol. The van der Waals surface area contributed by atoms with Gasteiger partial charge in [-0.3, -0.25) is 0 Å². The standard InChI is InChI=1S/C12H15F2N3/c1-3-8(2)12(17-15)7-16-9-4-5-10(13)11(14)6-9/h4-8,15-16H,3H2,1-2H3/b12-7-,17-15?/t8-/m1/s1. The molecule has 0 saturated carbocycles. The van der Waals surface area contributed by atoms with Crippen LogP contribution in [0.1, 0.15) is 20.3 Å². The van der Waals surface area contributed by atoms with Gasteiger partial charge in [-0.1, -0.05) is 13.8 Å². The van der Waals surface area contributed by atoms with Gasteiger partial charge in [0, 0.05) is 23.9 Å². The van der Waals surface area contributed by atoms with E-state index >= 15 is 0 Å². The molecule has 1 atom stereocenters. The summed E-state index contributed by atoms with van der Waals surface area (Å²) in [5.74, 6) is -1.64. The number of halogens is 2. The molecule has 0 aliphatic rings. The lowest BCUT2D eigenvalue weighted by Crippen LogP contribution is -1.99. The van der Waals surface area contributed by atoms with E-state index < -0.39 is 11.6 Å². The smallest absolute Gasteiger partial charge is 0.160 e. The molecule has 0 saturated heterocycles. The summed E-state index contributed by atoms with van der Waals surface area (Å²) >= 11 is 0. The Bertz CT molecular complexity index is 430. The first-order valence-corrected chi connectivity index (χ1v) is 5.37. The molecular formula is C12H15F2N3. The van der Waals surface area contributed by atoms with Crippen LogP contribution >= 0.6 is 0 Å². The minimum absolute atomic E-state index is 0.144. The van der Waals surface area contributed by atoms with Gasteiger partial charge >= 0.3 is 0 Å². The van der Waals surface area contributed by atoms with E-state index in [-0.39, 0.29) is 5.92 Å². The number of hydrogen-bond donors (Lipinski definition) is 2. The Labute approximate surface area is 99.0 Å². The van der Waals surface area contributed by atoms with Gasteiger partial charge in [0.1, 0.15) is 0 Å². The molecule has 17 heavy (non-hydrogen) atoms. The lowest BCUT2D eigenvalue weighted by molar-refractivity contribution is 0.509. The Kier molecular flexibility index (Phi) is 4.75. The van der Waals surface area contributed by atoms with E-state index in [1.54, 1.807) is 0 Å². The van der Waals surface area contributed by atoms with Crippen molar-refractivity contribution in [1.82, 2.24) is 0 Å². The fourth-order valence-corrected chi connectivity index (χ4v) is 1.24. The molecule has 0 fully saturated rings. The van der Waals surface area contributed by atoms with Gasteiger partial charge in [0.25, 0.3) is 0 Å². The maximum absolute atomic E-state index is 12.9. The van der Waals surface area contributed by atoms with E-state index in [2.05, 4.69) is 10.4 Å². The van der Waals surface area contributed by atoms with Crippen molar-refractivity contribution in [3.8, 4) is 0 Å². The Morgan fingerprint density at radius 3 is 2.71 bits per heavy atom. The van der Waals surface area contributed by atoms with Crippen molar-refractivity contribution >= 4 is 5.69 Å². The molecule has 1 aromatic rings. The van der Waals surface area contributed by atoms with Crippen LogP contribution in [0.25, 0.3) is 0 Å². The van der Waals surface area contributed by atoms with Gasteiger partial charge in [-0.15, -0.1) is 0 Å². The molecule has 5 heteroatoms. The summed E-state index contributed by atoms with van der Waals surface area (Å²) in [6.07, 6.45) is 2.39. The summed E-state index contributed by atoms with van der Waals surface area (Å²) in [5.41, 5.74) is 8.01. The third-order valence-corrected chi connectivity index (χ3v) is 2.55. The summed E-state index contributed by atoms with van der Waals surface area (Å²) in [7, 11) is 0. The third-order valence-electron chi connectivity index (χ3n) is 2.55. The van der Waals surface area contributed by atoms with Crippen molar-refractivity contribution in [3.05, 3.63) is 41.7 Å². The summed E-state index contributed by atoms with van der Waals surface area (Å²) in [5, 5.41) is 6.19. The van der Waals surface area contributed by atoms with Crippen LogP contribution in [0.4, 0.5) is 14.5 Å². The number of hydrogen-bond acceptors (Lipinski definition) is 3. The number of nitrogens with one attached hydrogen (secondary N) is 2. The highest BCUT2D eigenvalue weighted by Crippen LogP contribution is 2.17. The summed E-state index contributed by atoms with van der Waals surface area (Å²) < 4.78 is 25.6. The molecule has 1 rings (SSSR count). The summed E-state index contributed by atoms with van der Waals surface area (Å²) in [4.78, 5) is 0. The second kappa shape index (κ2) is 6.08. The lowest BCUT2D eigenvalue weighted by atomic mass is 10.1. The molecule has 3 nitrogen and oxygen atoms in total. The largest absolute Gasteiger partial charge is 0.360 e. The van der Waals surface area contributed by atoms with Gasteiger partial charge in [0.05, 0.1) is 5.70 Å². The first kappa shape index (κ1) is 13.3. The van der Waals surface area contributed by atoms with Crippen molar-refractivity contribution < 1.29 is 8.78 Å². The molecule has 2 N–H and O–H groups in total. The Balaban J connectivity index is 2.80. The van der Waals surface area contributed by atoms with Crippen LogP contribution < -0.4 is 5.32 Å². The molecule has 0 amide bonds. The Hall–Kier alpha value is -1.78. The van der Waals surface area contributed by atoms with Gasteiger partial charge in [-0.25, -0.2) is 14.3 Å². The molecule has 0 heterocycles. The van der Waals surface area contributed by atoms with E-state index in [1.165, 1.54) is 12.3 Å². The van der Waals surface area contributed by atoms with Gasteiger partial charge < -0.3 is 5.32 Å². The number of anilines is 1. The average Bonchev–Trinajstić information content (AvgIpc) is 2.33. The van der Waals surface area contributed by atoms with Crippen molar-refractivity contribution in [2.24, 2.45) is 11.0 Å². The van der Waals surface area contributed by atoms with Crippen LogP contribution in [-0.4, -0.2) is 0 Å². The Morgan fingerprint density at radius 1 is 1.47 bits per heavy atom. The molecule has 0 radical (unpaired) electrons. The average molecular weight is 239 g/mol. The SMILES string of the molecule is CC[C@@H](C)/C(=C/Nc1ccc(F)c(F)c1)N=N. The third kappa shape index (κ3) is 3.62. The van der Waals surface area contributed by atoms with Gasteiger partial charge in [-0.05, 0) is 18.6 Å². The van der Waals surface area contributed by atoms with Crippen LogP contribution in [0.2, 0.25) is 0 Å². The van der Waals surface area contributed by atoms with E-state index in [1.807, 2.05) is 13.8 Å². The highest BCUT2D eigenvalue weighted by molar-refractivity contribution is 5.46. The van der Waals surface area contributed by atoms with Gasteiger partial charge in [-0.2, -0.15) is 5.11 Å². The number of allylic oxidation sites excluding steroid dienone is 1. The minimum atomic E-state index is -0.906. The van der Waals surface area contributed by atoms with Crippen LogP contribution in [0.5, 0.6) is 0 Å². The molecule has 92 valence electrons. The van der Waals surface area contributed by atoms with E-state index in [4.69, 9.17) is 5.53 Å². The molecule has 0 aliphatic heterocycles. The van der Waals surface area contributed by atoms with Crippen LogP contribution in [0, 0.1) is 23.1 Å². The monoisotopic (exact) mass is 239 g/mol. The maximum Gasteiger partial charge on any atom is 0.160 e. The van der Waals surface area contributed by atoms with Gasteiger partial charge in [0.15, 0.2) is 11.6 Å². The topological polar surface area (TPSA) is 48.2 Å².